The van der Waals surface area contributed by atoms with Crippen molar-refractivity contribution in [3.8, 4) is 0 Å². The van der Waals surface area contributed by atoms with E-state index in [0.717, 1.165) is 28.1 Å². The maximum atomic E-state index is 4.68. The molecule has 3 aromatic heterocycles. The zero-order chi connectivity index (χ0) is 13.1. The number of thiophene rings is 1. The average Bonchev–Trinajstić information content (AvgIpc) is 3.14. The Morgan fingerprint density at radius 3 is 2.35 bits per heavy atom. The van der Waals surface area contributed by atoms with Crippen molar-refractivity contribution < 1.29 is 0 Å². The molecule has 0 spiro atoms. The van der Waals surface area contributed by atoms with Crippen LogP contribution in [0.4, 0.5) is 0 Å². The molecule has 5 rings (SSSR count). The van der Waals surface area contributed by atoms with Gasteiger partial charge in [0.2, 0.25) is 11.3 Å². The first-order valence-corrected chi connectivity index (χ1v) is 7.71. The third-order valence-electron chi connectivity index (χ3n) is 3.47. The van der Waals surface area contributed by atoms with E-state index < -0.39 is 0 Å². The molecule has 2 aromatic carbocycles. The summed E-state index contributed by atoms with van der Waals surface area (Å²) >= 11 is 2.85. The van der Waals surface area contributed by atoms with Gasteiger partial charge in [-0.1, -0.05) is 24.3 Å². The Morgan fingerprint density at radius 2 is 1.50 bits per heavy atom. The van der Waals surface area contributed by atoms with Crippen molar-refractivity contribution in [2.75, 3.05) is 0 Å². The van der Waals surface area contributed by atoms with E-state index in [2.05, 4.69) is 48.4 Å². The first-order valence-electron chi connectivity index (χ1n) is 6.10. The van der Waals surface area contributed by atoms with Gasteiger partial charge in [0.05, 0.1) is 16.4 Å². The van der Waals surface area contributed by atoms with Crippen molar-refractivity contribution in [3.05, 3.63) is 35.7 Å². The number of hydrogen-bond donors (Lipinski definition) is 0. The van der Waals surface area contributed by atoms with Gasteiger partial charge >= 0.3 is 0 Å². The summed E-state index contributed by atoms with van der Waals surface area (Å²) in [6.45, 7) is 0. The molecule has 0 aliphatic heterocycles. The molecular weight excluding hydrogens is 288 g/mol. The molecule has 3 heterocycles. The van der Waals surface area contributed by atoms with Crippen LogP contribution in [0.3, 0.4) is 0 Å². The lowest BCUT2D eigenvalue weighted by molar-refractivity contribution is 1.36. The normalized spacial score (nSPS) is 12.0. The molecule has 94 valence electrons. The Hall–Kier alpha value is -2.18. The summed E-state index contributed by atoms with van der Waals surface area (Å²) in [5, 5.41) is 5.67. The number of rotatable bonds is 0. The minimum absolute atomic E-state index is 0.628. The average molecular weight is 294 g/mol. The fraction of sp³-hybridized carbons (Fsp3) is 0. The second-order valence-electron chi connectivity index (χ2n) is 4.54. The van der Waals surface area contributed by atoms with Gasteiger partial charge < -0.3 is 0 Å². The van der Waals surface area contributed by atoms with Gasteiger partial charge in [-0.05, 0) is 16.8 Å². The summed E-state index contributed by atoms with van der Waals surface area (Å²) in [6, 6.07) is 10.5. The Labute approximate surface area is 121 Å². The summed E-state index contributed by atoms with van der Waals surface area (Å²) in [4.78, 5) is 9.35. The van der Waals surface area contributed by atoms with E-state index in [1.165, 1.54) is 15.5 Å². The van der Waals surface area contributed by atoms with E-state index in [9.17, 15) is 0 Å². The van der Waals surface area contributed by atoms with Crippen LogP contribution in [0.2, 0.25) is 0 Å². The first-order chi connectivity index (χ1) is 9.92. The van der Waals surface area contributed by atoms with Crippen molar-refractivity contribution in [1.82, 2.24) is 18.7 Å². The lowest BCUT2D eigenvalue weighted by Crippen LogP contribution is -1.89. The molecule has 0 aliphatic rings. The van der Waals surface area contributed by atoms with Gasteiger partial charge in [0.25, 0.3) is 0 Å². The van der Waals surface area contributed by atoms with Gasteiger partial charge in [0.15, 0.2) is 0 Å². The molecule has 6 heteroatoms. The Kier molecular flexibility index (Phi) is 1.95. The summed E-state index contributed by atoms with van der Waals surface area (Å²) in [7, 11) is 0. The molecule has 0 bridgehead atoms. The molecule has 0 radical (unpaired) electrons. The third kappa shape index (κ3) is 1.25. The molecule has 0 unspecified atom stereocenters. The van der Waals surface area contributed by atoms with Crippen LogP contribution < -0.4 is 0 Å². The number of aromatic nitrogens is 4. The fourth-order valence-corrected chi connectivity index (χ4v) is 3.95. The second kappa shape index (κ2) is 3.68. The van der Waals surface area contributed by atoms with Crippen molar-refractivity contribution in [1.29, 1.82) is 0 Å². The summed E-state index contributed by atoms with van der Waals surface area (Å²) in [5.74, 6) is 0. The maximum absolute atomic E-state index is 4.68. The molecule has 0 N–H and O–H groups in total. The number of fused-ring (bicyclic) bond motifs is 7. The van der Waals surface area contributed by atoms with Crippen LogP contribution in [0, 0.1) is 0 Å². The topological polar surface area (TPSA) is 51.6 Å². The van der Waals surface area contributed by atoms with Gasteiger partial charge in [-0.25, -0.2) is 9.97 Å². The van der Waals surface area contributed by atoms with E-state index in [1.54, 1.807) is 11.3 Å². The van der Waals surface area contributed by atoms with E-state index >= 15 is 0 Å². The van der Waals surface area contributed by atoms with Crippen LogP contribution in [0.5, 0.6) is 0 Å². The first kappa shape index (κ1) is 10.6. The molecule has 5 aromatic rings. The highest BCUT2D eigenvalue weighted by Crippen LogP contribution is 2.36. The van der Waals surface area contributed by atoms with E-state index in [1.807, 2.05) is 6.07 Å². The zero-order valence-electron chi connectivity index (χ0n) is 10.1. The van der Waals surface area contributed by atoms with Crippen LogP contribution >= 0.6 is 23.1 Å². The molecule has 0 saturated carbocycles. The van der Waals surface area contributed by atoms with E-state index in [-0.39, 0.29) is 0 Å². The Morgan fingerprint density at radius 1 is 0.750 bits per heavy atom. The van der Waals surface area contributed by atoms with Gasteiger partial charge in [-0.15, -0.1) is 11.3 Å². The number of hydrogen-bond acceptors (Lipinski definition) is 6. The van der Waals surface area contributed by atoms with Crippen molar-refractivity contribution in [3.63, 3.8) is 0 Å². The van der Waals surface area contributed by atoms with Crippen molar-refractivity contribution in [2.45, 2.75) is 0 Å². The van der Waals surface area contributed by atoms with Gasteiger partial charge in [0.1, 0.15) is 11.0 Å². The minimum Gasteiger partial charge on any atom is -0.222 e. The predicted molar refractivity (Wildman–Crippen MR) is 83.4 cm³/mol. The van der Waals surface area contributed by atoms with Crippen LogP contribution in [-0.4, -0.2) is 18.7 Å². The molecule has 0 atom stereocenters. The smallest absolute Gasteiger partial charge is 0.213 e. The van der Waals surface area contributed by atoms with E-state index in [0.29, 0.717) is 11.3 Å². The quantitative estimate of drug-likeness (QED) is 0.405. The van der Waals surface area contributed by atoms with Gasteiger partial charge in [-0.2, -0.15) is 8.75 Å². The monoisotopic (exact) mass is 294 g/mol. The summed E-state index contributed by atoms with van der Waals surface area (Å²) in [5.41, 5.74) is 3.10. The van der Waals surface area contributed by atoms with Crippen LogP contribution in [0.1, 0.15) is 0 Å². The highest BCUT2D eigenvalue weighted by atomic mass is 32.1. The van der Waals surface area contributed by atoms with Gasteiger partial charge in [0, 0.05) is 10.8 Å². The van der Waals surface area contributed by atoms with Crippen LogP contribution in [-0.2, 0) is 0 Å². The Balaban J connectivity index is 2.21. The molecule has 0 aliphatic carbocycles. The highest BCUT2D eigenvalue weighted by molar-refractivity contribution is 7.18. The molecule has 4 nitrogen and oxygen atoms in total. The second-order valence-corrected chi connectivity index (χ2v) is 5.99. The van der Waals surface area contributed by atoms with E-state index in [4.69, 9.17) is 0 Å². The SMILES string of the molecule is c1ccc2c(c1)c1ccsc1c1nc3nsnc3nc21. The zero-order valence-corrected chi connectivity index (χ0v) is 11.7. The number of nitrogens with zero attached hydrogens (tertiary/aromatic N) is 4. The van der Waals surface area contributed by atoms with Crippen molar-refractivity contribution in [2.24, 2.45) is 0 Å². The molecule has 0 fully saturated rings. The minimum atomic E-state index is 0.628. The summed E-state index contributed by atoms with van der Waals surface area (Å²) in [6.07, 6.45) is 0. The highest BCUT2D eigenvalue weighted by Gasteiger charge is 2.14. The summed E-state index contributed by atoms with van der Waals surface area (Å²) < 4.78 is 9.57. The fourth-order valence-electron chi connectivity index (χ4n) is 2.61. The number of benzene rings is 2. The lowest BCUT2D eigenvalue weighted by Gasteiger charge is -2.04. The standard InChI is InChI=1S/C14H6N4S2/c1-2-4-8-7(3-1)9-5-6-19-12(9)11-10(8)15-13-14(16-11)18-20-17-13/h1-6H. The molecular formula is C14H6N4S2. The Bertz CT molecular complexity index is 1110. The lowest BCUT2D eigenvalue weighted by atomic mass is 10.0. The molecule has 0 saturated heterocycles. The maximum Gasteiger partial charge on any atom is 0.213 e. The third-order valence-corrected chi connectivity index (χ3v) is 4.90. The van der Waals surface area contributed by atoms with Crippen molar-refractivity contribution >= 4 is 66.3 Å². The predicted octanol–water partition coefficient (Wildman–Crippen LogP) is 4.00. The largest absolute Gasteiger partial charge is 0.222 e. The van der Waals surface area contributed by atoms with Crippen LogP contribution in [0.15, 0.2) is 35.7 Å². The molecule has 20 heavy (non-hydrogen) atoms. The van der Waals surface area contributed by atoms with Gasteiger partial charge in [-0.3, -0.25) is 0 Å². The molecule has 0 amide bonds. The van der Waals surface area contributed by atoms with Crippen LogP contribution in [0.25, 0.3) is 43.2 Å².